The van der Waals surface area contributed by atoms with Gasteiger partial charge in [0, 0.05) is 27.7 Å². The van der Waals surface area contributed by atoms with Crippen LogP contribution in [-0.4, -0.2) is 40.8 Å². The van der Waals surface area contributed by atoms with Crippen LogP contribution in [-0.2, 0) is 11.2 Å². The predicted molar refractivity (Wildman–Crippen MR) is 110 cm³/mol. The number of H-pyrrole nitrogens is 1. The highest BCUT2D eigenvalue weighted by Crippen LogP contribution is 2.31. The van der Waals surface area contributed by atoms with E-state index in [1.165, 1.54) is 0 Å². The third kappa shape index (κ3) is 4.02. The molecule has 0 aliphatic carbocycles. The molecule has 0 amide bonds. The largest absolute Gasteiger partial charge is 0.480 e. The Morgan fingerprint density at radius 2 is 1.68 bits per heavy atom. The average molecular weight is 378 g/mol. The van der Waals surface area contributed by atoms with Crippen LogP contribution in [0.3, 0.4) is 0 Å². The predicted octanol–water partition coefficient (Wildman–Crippen LogP) is 1.62. The summed E-state index contributed by atoms with van der Waals surface area (Å²) in [7, 11) is 0. The molecule has 3 aromatic rings. The van der Waals surface area contributed by atoms with Crippen LogP contribution in [0.4, 0.5) is 0 Å². The quantitative estimate of drug-likeness (QED) is 0.179. The summed E-state index contributed by atoms with van der Waals surface area (Å²) in [5.41, 5.74) is 16.1. The second kappa shape index (κ2) is 7.93. The number of carboxylic acid groups (broad SMARTS) is 1. The fraction of sp³-hybridized carbons (Fsp3) is 0.150. The molecule has 1 aromatic heterocycles. The normalized spacial score (nSPS) is 10.9. The van der Waals surface area contributed by atoms with E-state index in [0.29, 0.717) is 24.1 Å². The summed E-state index contributed by atoms with van der Waals surface area (Å²) < 4.78 is 0. The highest BCUT2D eigenvalue weighted by Gasteiger charge is 2.14. The standard InChI is InChI=1S/C20H22N6O2/c21-19(22)12-3-1-11(2-4-12)18-15(7-8-25-10-17(27)28)14-6-5-13(20(23)24)9-16(14)26-18/h1-6,9,25-26H,7-8,10H2,(H3,21,22)(H3,23,24)(H,27,28). The fourth-order valence-electron chi connectivity index (χ4n) is 3.15. The molecule has 0 saturated carbocycles. The monoisotopic (exact) mass is 378 g/mol. The SMILES string of the molecule is N=C(N)c1ccc(-c2[nH]c3cc(C(=N)N)ccc3c2CCNCC(=O)O)cc1. The molecule has 0 aliphatic rings. The van der Waals surface area contributed by atoms with Gasteiger partial charge in [-0.3, -0.25) is 15.6 Å². The van der Waals surface area contributed by atoms with Gasteiger partial charge in [0.25, 0.3) is 0 Å². The van der Waals surface area contributed by atoms with Crippen LogP contribution < -0.4 is 16.8 Å². The minimum atomic E-state index is -0.898. The summed E-state index contributed by atoms with van der Waals surface area (Å²) in [5, 5.41) is 27.9. The zero-order valence-electron chi connectivity index (χ0n) is 15.2. The molecule has 0 radical (unpaired) electrons. The molecule has 0 saturated heterocycles. The molecule has 8 nitrogen and oxygen atoms in total. The van der Waals surface area contributed by atoms with Crippen molar-refractivity contribution in [1.29, 1.82) is 10.8 Å². The minimum absolute atomic E-state index is 0.00599. The first kappa shape index (κ1) is 19.1. The second-order valence-corrected chi connectivity index (χ2v) is 6.46. The lowest BCUT2D eigenvalue weighted by Gasteiger charge is -2.07. The molecule has 0 bridgehead atoms. The van der Waals surface area contributed by atoms with Crippen molar-refractivity contribution < 1.29 is 9.90 Å². The summed E-state index contributed by atoms with van der Waals surface area (Å²) >= 11 is 0. The summed E-state index contributed by atoms with van der Waals surface area (Å²) in [6, 6.07) is 12.9. The van der Waals surface area contributed by atoms with Gasteiger partial charge in [-0.25, -0.2) is 0 Å². The number of nitrogens with two attached hydrogens (primary N) is 2. The van der Waals surface area contributed by atoms with Crippen molar-refractivity contribution in [2.24, 2.45) is 11.5 Å². The summed E-state index contributed by atoms with van der Waals surface area (Å²) in [4.78, 5) is 14.1. The number of benzene rings is 2. The molecule has 0 fully saturated rings. The van der Waals surface area contributed by atoms with Gasteiger partial charge in [-0.05, 0) is 30.2 Å². The Kier molecular flexibility index (Phi) is 5.42. The Bertz CT molecular complexity index is 1050. The third-order valence-corrected chi connectivity index (χ3v) is 4.53. The van der Waals surface area contributed by atoms with Gasteiger partial charge in [-0.1, -0.05) is 36.4 Å². The molecule has 0 aliphatic heterocycles. The van der Waals surface area contributed by atoms with Gasteiger partial charge in [-0.15, -0.1) is 0 Å². The lowest BCUT2D eigenvalue weighted by Crippen LogP contribution is -2.24. The van der Waals surface area contributed by atoms with Crippen molar-refractivity contribution in [3.63, 3.8) is 0 Å². The van der Waals surface area contributed by atoms with Crippen LogP contribution in [0.25, 0.3) is 22.2 Å². The number of amidine groups is 2. The van der Waals surface area contributed by atoms with Gasteiger partial charge in [0.2, 0.25) is 0 Å². The van der Waals surface area contributed by atoms with Crippen LogP contribution in [0.2, 0.25) is 0 Å². The number of nitrogen functional groups attached to an aromatic ring is 2. The van der Waals surface area contributed by atoms with Gasteiger partial charge >= 0.3 is 5.97 Å². The minimum Gasteiger partial charge on any atom is -0.480 e. The van der Waals surface area contributed by atoms with Crippen molar-refractivity contribution in [3.8, 4) is 11.3 Å². The molecule has 0 unspecified atom stereocenters. The van der Waals surface area contributed by atoms with E-state index in [1.807, 2.05) is 24.3 Å². The Labute approximate surface area is 161 Å². The van der Waals surface area contributed by atoms with Crippen LogP contribution in [0.5, 0.6) is 0 Å². The van der Waals surface area contributed by atoms with Crippen molar-refractivity contribution in [2.45, 2.75) is 6.42 Å². The number of hydrogen-bond acceptors (Lipinski definition) is 4. The van der Waals surface area contributed by atoms with E-state index in [9.17, 15) is 4.79 Å². The maximum Gasteiger partial charge on any atom is 0.317 e. The number of aromatic nitrogens is 1. The summed E-state index contributed by atoms with van der Waals surface area (Å²) in [6.45, 7) is 0.408. The van der Waals surface area contributed by atoms with E-state index in [2.05, 4.69) is 10.3 Å². The number of aromatic amines is 1. The first-order chi connectivity index (χ1) is 13.4. The van der Waals surface area contributed by atoms with Crippen molar-refractivity contribution in [3.05, 3.63) is 59.2 Å². The number of carboxylic acids is 1. The van der Waals surface area contributed by atoms with Crippen LogP contribution in [0.1, 0.15) is 16.7 Å². The van der Waals surface area contributed by atoms with Crippen LogP contribution >= 0.6 is 0 Å². The van der Waals surface area contributed by atoms with E-state index in [4.69, 9.17) is 27.4 Å². The van der Waals surface area contributed by atoms with Crippen molar-refractivity contribution in [2.75, 3.05) is 13.1 Å². The maximum atomic E-state index is 10.7. The molecular formula is C20H22N6O2. The molecule has 144 valence electrons. The molecule has 8 heteroatoms. The van der Waals surface area contributed by atoms with Crippen molar-refractivity contribution >= 4 is 28.5 Å². The molecule has 3 rings (SSSR count). The molecular weight excluding hydrogens is 356 g/mol. The van der Waals surface area contributed by atoms with E-state index in [0.717, 1.165) is 27.7 Å². The Hall–Kier alpha value is -3.65. The maximum absolute atomic E-state index is 10.7. The zero-order valence-corrected chi connectivity index (χ0v) is 15.2. The van der Waals surface area contributed by atoms with Gasteiger partial charge in [-0.2, -0.15) is 0 Å². The number of nitrogens with one attached hydrogen (secondary N) is 4. The first-order valence-electron chi connectivity index (χ1n) is 8.73. The highest BCUT2D eigenvalue weighted by molar-refractivity contribution is 6.01. The van der Waals surface area contributed by atoms with Gasteiger partial charge in [0.15, 0.2) is 0 Å². The first-order valence-corrected chi connectivity index (χ1v) is 8.73. The molecule has 0 atom stereocenters. The van der Waals surface area contributed by atoms with E-state index in [-0.39, 0.29) is 18.2 Å². The van der Waals surface area contributed by atoms with E-state index >= 15 is 0 Å². The topological polar surface area (TPSA) is 165 Å². The second-order valence-electron chi connectivity index (χ2n) is 6.46. The summed E-state index contributed by atoms with van der Waals surface area (Å²) in [6.07, 6.45) is 0.622. The number of rotatable bonds is 8. The van der Waals surface area contributed by atoms with E-state index < -0.39 is 5.97 Å². The average Bonchev–Trinajstić information content (AvgIpc) is 3.02. The smallest absolute Gasteiger partial charge is 0.317 e. The number of hydrogen-bond donors (Lipinski definition) is 7. The Morgan fingerprint density at radius 3 is 2.29 bits per heavy atom. The lowest BCUT2D eigenvalue weighted by atomic mass is 10.0. The van der Waals surface area contributed by atoms with E-state index in [1.54, 1.807) is 18.2 Å². The summed E-state index contributed by atoms with van der Waals surface area (Å²) in [5.74, 6) is -0.897. The molecule has 0 spiro atoms. The van der Waals surface area contributed by atoms with Gasteiger partial charge < -0.3 is 26.9 Å². The number of fused-ring (bicyclic) bond motifs is 1. The van der Waals surface area contributed by atoms with Crippen LogP contribution in [0, 0.1) is 10.8 Å². The molecule has 1 heterocycles. The number of carbonyl (C=O) groups is 1. The lowest BCUT2D eigenvalue weighted by molar-refractivity contribution is -0.135. The third-order valence-electron chi connectivity index (χ3n) is 4.53. The van der Waals surface area contributed by atoms with Crippen LogP contribution in [0.15, 0.2) is 42.5 Å². The van der Waals surface area contributed by atoms with Gasteiger partial charge in [0.05, 0.1) is 6.54 Å². The molecule has 9 N–H and O–H groups in total. The molecule has 2 aromatic carbocycles. The number of aliphatic carboxylic acids is 1. The van der Waals surface area contributed by atoms with Crippen molar-refractivity contribution in [1.82, 2.24) is 10.3 Å². The zero-order chi connectivity index (χ0) is 20.3. The fourth-order valence-corrected chi connectivity index (χ4v) is 3.15. The molecule has 28 heavy (non-hydrogen) atoms. The van der Waals surface area contributed by atoms with Gasteiger partial charge in [0.1, 0.15) is 11.7 Å². The Morgan fingerprint density at radius 1 is 1.04 bits per heavy atom. The highest BCUT2D eigenvalue weighted by atomic mass is 16.4. The Balaban J connectivity index is 2.02.